The fraction of sp³-hybridized carbons (Fsp3) is 0.367. The molecule has 10 nitrogen and oxygen atoms in total. The lowest BCUT2D eigenvalue weighted by Crippen LogP contribution is -2.37. The summed E-state index contributed by atoms with van der Waals surface area (Å²) in [6.07, 6.45) is 7.28. The fourth-order valence-electron chi connectivity index (χ4n) is 5.05. The number of fused-ring (bicyclic) bond motifs is 1. The topological polar surface area (TPSA) is 114 Å². The van der Waals surface area contributed by atoms with Crippen LogP contribution in [0.1, 0.15) is 32.1 Å². The highest BCUT2D eigenvalue weighted by Gasteiger charge is 2.28. The number of rotatable bonds is 12. The summed E-state index contributed by atoms with van der Waals surface area (Å²) >= 11 is 2.86. The number of piperidine rings is 1. The monoisotopic (exact) mass is 640 g/mol. The first-order valence-electron chi connectivity index (χ1n) is 13.9. The number of sulfonamides is 1. The van der Waals surface area contributed by atoms with Gasteiger partial charge in [0, 0.05) is 55.1 Å². The summed E-state index contributed by atoms with van der Waals surface area (Å²) in [5.41, 5.74) is 2.21. The van der Waals surface area contributed by atoms with Crippen LogP contribution in [0.2, 0.25) is 0 Å². The number of aromatic amines is 1. The zero-order chi connectivity index (χ0) is 28.9. The molecule has 5 heterocycles. The van der Waals surface area contributed by atoms with Crippen LogP contribution in [0.25, 0.3) is 21.6 Å². The van der Waals surface area contributed by atoms with Crippen molar-refractivity contribution in [3.05, 3.63) is 71.3 Å². The lowest BCUT2D eigenvalue weighted by molar-refractivity contribution is 0.0897. The molecule has 0 spiro atoms. The fourth-order valence-corrected chi connectivity index (χ4v) is 8.54. The van der Waals surface area contributed by atoms with Crippen LogP contribution < -0.4 is 9.04 Å². The number of thiophene rings is 1. The maximum Gasteiger partial charge on any atom is 0.316 e. The van der Waals surface area contributed by atoms with Crippen molar-refractivity contribution in [3.8, 4) is 16.7 Å². The Morgan fingerprint density at radius 3 is 2.65 bits per heavy atom. The Morgan fingerprint density at radius 2 is 1.91 bits per heavy atom. The lowest BCUT2D eigenvalue weighted by atomic mass is 10.1. The number of hydrogen-bond acceptors (Lipinski definition) is 10. The highest BCUT2D eigenvalue weighted by Crippen LogP contribution is 2.35. The van der Waals surface area contributed by atoms with Crippen LogP contribution in [-0.4, -0.2) is 72.2 Å². The summed E-state index contributed by atoms with van der Waals surface area (Å²) in [4.78, 5) is 20.1. The van der Waals surface area contributed by atoms with Gasteiger partial charge in [-0.3, -0.25) is 9.21 Å². The number of hydrogen-bond donors (Lipinski definition) is 1. The number of thiazole rings is 1. The first-order chi connectivity index (χ1) is 20.5. The van der Waals surface area contributed by atoms with E-state index in [1.807, 2.05) is 37.4 Å². The number of ether oxygens (including phenoxy) is 2. The summed E-state index contributed by atoms with van der Waals surface area (Å²) in [6, 6.07) is 13.4. The summed E-state index contributed by atoms with van der Waals surface area (Å²) in [5, 5.41) is 3.57. The molecule has 1 aliphatic rings. The molecule has 43 heavy (non-hydrogen) atoms. The van der Waals surface area contributed by atoms with Gasteiger partial charge < -0.3 is 14.5 Å². The molecule has 1 fully saturated rings. The van der Waals surface area contributed by atoms with E-state index in [1.54, 1.807) is 47.3 Å². The number of nitrogens with zero attached hydrogens (tertiary/aromatic N) is 5. The van der Waals surface area contributed by atoms with E-state index in [0.717, 1.165) is 54.1 Å². The number of benzene rings is 1. The molecule has 13 heteroatoms. The molecule has 0 bridgehead atoms. The number of aromatic nitrogens is 4. The van der Waals surface area contributed by atoms with Crippen LogP contribution in [0, 0.1) is 0 Å². The summed E-state index contributed by atoms with van der Waals surface area (Å²) in [5.74, 6) is 0. The molecule has 5 aromatic rings. The quantitative estimate of drug-likeness (QED) is 0.164. The second kappa shape index (κ2) is 14.0. The Labute approximate surface area is 260 Å². The second-order valence-corrected chi connectivity index (χ2v) is 14.0. The highest BCUT2D eigenvalue weighted by molar-refractivity contribution is 7.94. The molecular weight excluding hydrogens is 605 g/mol. The maximum atomic E-state index is 13.7. The van der Waals surface area contributed by atoms with Crippen LogP contribution in [0.5, 0.6) is 6.01 Å². The predicted octanol–water partition coefficient (Wildman–Crippen LogP) is 6.05. The molecule has 228 valence electrons. The van der Waals surface area contributed by atoms with Crippen molar-refractivity contribution in [3.63, 3.8) is 0 Å². The van der Waals surface area contributed by atoms with Crippen LogP contribution in [0.3, 0.4) is 0 Å². The van der Waals surface area contributed by atoms with Gasteiger partial charge in [-0.25, -0.2) is 23.4 Å². The van der Waals surface area contributed by atoms with E-state index in [-0.39, 0.29) is 20.1 Å². The van der Waals surface area contributed by atoms with Crippen LogP contribution in [0.15, 0.2) is 70.6 Å². The van der Waals surface area contributed by atoms with Gasteiger partial charge >= 0.3 is 6.01 Å². The molecular formula is C30H36N6O4S3. The highest BCUT2D eigenvalue weighted by atomic mass is 32.2. The van der Waals surface area contributed by atoms with Gasteiger partial charge in [-0.05, 0) is 49.4 Å². The van der Waals surface area contributed by atoms with E-state index in [4.69, 9.17) is 14.5 Å². The molecule has 6 rings (SSSR count). The smallest absolute Gasteiger partial charge is 0.316 e. The third kappa shape index (κ3) is 7.07. The van der Waals surface area contributed by atoms with Crippen LogP contribution >= 0.6 is 22.7 Å². The minimum Gasteiger partial charge on any atom is -0.460 e. The molecule has 1 saturated heterocycles. The third-order valence-corrected chi connectivity index (χ3v) is 11.3. The van der Waals surface area contributed by atoms with Gasteiger partial charge in [-0.1, -0.05) is 25.6 Å². The zero-order valence-electron chi connectivity index (χ0n) is 23.2. The third-order valence-electron chi connectivity index (χ3n) is 7.10. The maximum absolute atomic E-state index is 13.7. The molecule has 1 N–H and O–H groups in total. The van der Waals surface area contributed by atoms with Crippen molar-refractivity contribution in [2.75, 3.05) is 37.2 Å². The summed E-state index contributed by atoms with van der Waals surface area (Å²) in [7, 11) is -3.75. The lowest BCUT2D eigenvalue weighted by Gasteiger charge is -2.31. The van der Waals surface area contributed by atoms with E-state index in [0.29, 0.717) is 29.1 Å². The molecule has 0 atom stereocenters. The Hall–Kier alpha value is -3.36. The standard InChI is InChI=1S/C29H32N6O4S3.CH4/c1-2-38-16-15-35(42(36,37)26-8-4-17-40-26)25-7-3-6-21-18-24(33-27(21)25)28-32-19-23(41-28)20-34-13-9-22(10-14-34)39-29-30-11-5-12-31-29;/h3-8,11-12,17-19,22,33H,2,9-10,13-16,20H2,1H3;1H4. The number of likely N-dealkylation sites (tertiary alicyclic amines) is 1. The number of H-pyrrole nitrogens is 1. The number of nitrogens with one attached hydrogen (secondary N) is 1. The molecule has 0 radical (unpaired) electrons. The van der Waals surface area contributed by atoms with Crippen molar-refractivity contribution < 1.29 is 17.9 Å². The second-order valence-electron chi connectivity index (χ2n) is 9.89. The van der Waals surface area contributed by atoms with E-state index >= 15 is 0 Å². The molecule has 0 aliphatic carbocycles. The SMILES string of the molecule is C.CCOCCN(c1cccc2cc(-c3ncc(CN4CCC(Oc5ncccn5)CC4)s3)[nH]c12)S(=O)(=O)c1cccs1. The Kier molecular flexibility index (Phi) is 10.1. The van der Waals surface area contributed by atoms with Crippen LogP contribution in [0.4, 0.5) is 5.69 Å². The Bertz CT molecular complexity index is 1700. The van der Waals surface area contributed by atoms with E-state index in [9.17, 15) is 8.42 Å². The van der Waals surface area contributed by atoms with Crippen molar-refractivity contribution in [1.29, 1.82) is 0 Å². The van der Waals surface area contributed by atoms with E-state index in [1.165, 1.54) is 20.5 Å². The van der Waals surface area contributed by atoms with Crippen molar-refractivity contribution >= 4 is 49.3 Å². The first kappa shape index (κ1) is 31.1. The van der Waals surface area contributed by atoms with E-state index in [2.05, 4.69) is 19.9 Å². The predicted molar refractivity (Wildman–Crippen MR) is 172 cm³/mol. The summed E-state index contributed by atoms with van der Waals surface area (Å²) < 4.78 is 40.5. The minimum absolute atomic E-state index is 0. The van der Waals surface area contributed by atoms with Gasteiger partial charge in [-0.15, -0.1) is 22.7 Å². The van der Waals surface area contributed by atoms with Gasteiger partial charge in [0.15, 0.2) is 0 Å². The van der Waals surface area contributed by atoms with Crippen molar-refractivity contribution in [2.45, 2.75) is 44.0 Å². The number of anilines is 1. The van der Waals surface area contributed by atoms with Crippen molar-refractivity contribution in [1.82, 2.24) is 24.8 Å². The average molecular weight is 641 g/mol. The van der Waals surface area contributed by atoms with Crippen LogP contribution in [-0.2, 0) is 21.3 Å². The molecule has 4 aromatic heterocycles. The minimum atomic E-state index is -3.75. The summed E-state index contributed by atoms with van der Waals surface area (Å²) in [6.45, 7) is 5.60. The first-order valence-corrected chi connectivity index (χ1v) is 17.0. The van der Waals surface area contributed by atoms with Crippen molar-refractivity contribution in [2.24, 2.45) is 0 Å². The van der Waals surface area contributed by atoms with E-state index < -0.39 is 10.0 Å². The largest absolute Gasteiger partial charge is 0.460 e. The van der Waals surface area contributed by atoms with Gasteiger partial charge in [0.1, 0.15) is 15.3 Å². The van der Waals surface area contributed by atoms with Gasteiger partial charge in [0.2, 0.25) is 0 Å². The Balaban J connectivity index is 0.00000368. The Morgan fingerprint density at radius 1 is 1.09 bits per heavy atom. The molecule has 1 aromatic carbocycles. The normalized spacial score (nSPS) is 14.5. The molecule has 1 aliphatic heterocycles. The average Bonchev–Trinajstić information content (AvgIpc) is 3.78. The van der Waals surface area contributed by atoms with Gasteiger partial charge in [0.25, 0.3) is 10.0 Å². The number of para-hydroxylation sites is 1. The molecule has 0 unspecified atom stereocenters. The van der Waals surface area contributed by atoms with Gasteiger partial charge in [-0.2, -0.15) is 0 Å². The van der Waals surface area contributed by atoms with Gasteiger partial charge in [0.05, 0.1) is 30.0 Å². The molecule has 0 saturated carbocycles. The molecule has 0 amide bonds. The zero-order valence-corrected chi connectivity index (χ0v) is 25.6.